The third kappa shape index (κ3) is 1.72. The molecule has 0 atom stereocenters. The number of nitrogens with zero attached hydrogens (tertiary/aromatic N) is 1. The number of hydrogen-bond acceptors (Lipinski definition) is 2. The van der Waals surface area contributed by atoms with E-state index in [-0.39, 0.29) is 0 Å². The fraction of sp³-hybridized carbons (Fsp3) is 0.188. The molecule has 0 amide bonds. The van der Waals surface area contributed by atoms with Crippen LogP contribution in [0.2, 0.25) is 0 Å². The van der Waals surface area contributed by atoms with E-state index in [2.05, 4.69) is 40.2 Å². The maximum atomic E-state index is 6.22. The van der Waals surface area contributed by atoms with Gasteiger partial charge in [0, 0.05) is 32.5 Å². The number of pyridine rings is 1. The average Bonchev–Trinajstić information content (AvgIpc) is 3.25. The molecule has 19 heavy (non-hydrogen) atoms. The Bertz CT molecular complexity index is 807. The zero-order chi connectivity index (χ0) is 13.0. The standard InChI is InChI=1S/C16H13BrN2/c17-13-7-12-14(18)8-15(9-5-6-9)19-16(12)11-4-2-1-3-10(11)13/h1-4,7-9H,5-6H2,(H2,18,19). The molecule has 0 saturated heterocycles. The molecule has 1 saturated carbocycles. The van der Waals surface area contributed by atoms with Gasteiger partial charge >= 0.3 is 0 Å². The minimum Gasteiger partial charge on any atom is -0.398 e. The van der Waals surface area contributed by atoms with E-state index in [4.69, 9.17) is 10.7 Å². The summed E-state index contributed by atoms with van der Waals surface area (Å²) < 4.78 is 1.07. The predicted molar refractivity (Wildman–Crippen MR) is 83.3 cm³/mol. The molecular formula is C16H13BrN2. The summed E-state index contributed by atoms with van der Waals surface area (Å²) in [5.74, 6) is 0.620. The Morgan fingerprint density at radius 2 is 1.79 bits per heavy atom. The van der Waals surface area contributed by atoms with Crippen LogP contribution >= 0.6 is 15.9 Å². The first kappa shape index (κ1) is 11.2. The molecule has 1 aromatic heterocycles. The van der Waals surface area contributed by atoms with Crippen LogP contribution in [0.4, 0.5) is 5.69 Å². The summed E-state index contributed by atoms with van der Waals surface area (Å²) in [5.41, 5.74) is 9.23. The van der Waals surface area contributed by atoms with Gasteiger partial charge in [0.1, 0.15) is 0 Å². The van der Waals surface area contributed by atoms with E-state index in [1.807, 2.05) is 12.1 Å². The maximum absolute atomic E-state index is 6.22. The first-order valence-corrected chi connectivity index (χ1v) is 7.31. The molecule has 0 radical (unpaired) electrons. The Kier molecular flexibility index (Phi) is 2.33. The summed E-state index contributed by atoms with van der Waals surface area (Å²) in [7, 11) is 0. The molecule has 2 nitrogen and oxygen atoms in total. The van der Waals surface area contributed by atoms with Crippen LogP contribution in [-0.4, -0.2) is 4.98 Å². The fourth-order valence-corrected chi connectivity index (χ4v) is 3.22. The lowest BCUT2D eigenvalue weighted by molar-refractivity contribution is 1.05. The van der Waals surface area contributed by atoms with Gasteiger partial charge in [0.15, 0.2) is 0 Å². The van der Waals surface area contributed by atoms with E-state index in [0.717, 1.165) is 26.8 Å². The van der Waals surface area contributed by atoms with Gasteiger partial charge in [0.2, 0.25) is 0 Å². The van der Waals surface area contributed by atoms with Crippen LogP contribution in [-0.2, 0) is 0 Å². The third-order valence-electron chi connectivity index (χ3n) is 3.82. The van der Waals surface area contributed by atoms with Gasteiger partial charge in [-0.05, 0) is 30.4 Å². The number of halogens is 1. The lowest BCUT2D eigenvalue weighted by Gasteiger charge is -2.10. The highest BCUT2D eigenvalue weighted by molar-refractivity contribution is 9.10. The number of benzene rings is 2. The Balaban J connectivity index is 2.17. The van der Waals surface area contributed by atoms with Crippen molar-refractivity contribution in [1.29, 1.82) is 0 Å². The van der Waals surface area contributed by atoms with E-state index in [0.29, 0.717) is 5.92 Å². The third-order valence-corrected chi connectivity index (χ3v) is 4.47. The number of anilines is 1. The minimum absolute atomic E-state index is 0.620. The number of aromatic nitrogens is 1. The zero-order valence-electron chi connectivity index (χ0n) is 10.4. The van der Waals surface area contributed by atoms with Crippen molar-refractivity contribution in [2.24, 2.45) is 0 Å². The largest absolute Gasteiger partial charge is 0.398 e. The van der Waals surface area contributed by atoms with E-state index in [9.17, 15) is 0 Å². The second kappa shape index (κ2) is 3.94. The van der Waals surface area contributed by atoms with E-state index >= 15 is 0 Å². The summed E-state index contributed by atoms with van der Waals surface area (Å²) in [6.07, 6.45) is 2.48. The molecule has 1 fully saturated rings. The van der Waals surface area contributed by atoms with E-state index < -0.39 is 0 Å². The van der Waals surface area contributed by atoms with Crippen molar-refractivity contribution >= 4 is 43.3 Å². The smallest absolute Gasteiger partial charge is 0.0805 e. The highest BCUT2D eigenvalue weighted by Gasteiger charge is 2.26. The van der Waals surface area contributed by atoms with Crippen LogP contribution in [0.15, 0.2) is 40.9 Å². The summed E-state index contributed by atoms with van der Waals surface area (Å²) in [4.78, 5) is 4.87. The van der Waals surface area contributed by atoms with Crippen molar-refractivity contribution in [3.05, 3.63) is 46.6 Å². The lowest BCUT2D eigenvalue weighted by atomic mass is 10.0. The molecule has 1 aliphatic rings. The van der Waals surface area contributed by atoms with Crippen LogP contribution < -0.4 is 5.73 Å². The van der Waals surface area contributed by atoms with Crippen LogP contribution in [0.25, 0.3) is 21.7 Å². The van der Waals surface area contributed by atoms with E-state index in [1.54, 1.807) is 0 Å². The Labute approximate surface area is 119 Å². The lowest BCUT2D eigenvalue weighted by Crippen LogP contribution is -1.95. The second-order valence-electron chi connectivity index (χ2n) is 5.21. The molecule has 3 heteroatoms. The fourth-order valence-electron chi connectivity index (χ4n) is 2.64. The molecule has 0 bridgehead atoms. The molecule has 0 aliphatic heterocycles. The molecular weight excluding hydrogens is 300 g/mol. The van der Waals surface area contributed by atoms with Gasteiger partial charge in [-0.25, -0.2) is 0 Å². The SMILES string of the molecule is Nc1cc(C2CC2)nc2c1cc(Br)c1ccccc12. The zero-order valence-corrected chi connectivity index (χ0v) is 11.9. The van der Waals surface area contributed by atoms with Gasteiger partial charge in [-0.3, -0.25) is 4.98 Å². The molecule has 4 rings (SSSR count). The van der Waals surface area contributed by atoms with Gasteiger partial charge in [-0.15, -0.1) is 0 Å². The van der Waals surface area contributed by atoms with Crippen LogP contribution in [0.5, 0.6) is 0 Å². The van der Waals surface area contributed by atoms with Crippen molar-refractivity contribution < 1.29 is 0 Å². The summed E-state index contributed by atoms with van der Waals surface area (Å²) in [5, 5.41) is 3.39. The number of nitrogen functional groups attached to an aromatic ring is 1. The van der Waals surface area contributed by atoms with Crippen molar-refractivity contribution in [2.75, 3.05) is 5.73 Å². The van der Waals surface area contributed by atoms with Gasteiger partial charge < -0.3 is 5.73 Å². The summed E-state index contributed by atoms with van der Waals surface area (Å²) in [6.45, 7) is 0. The minimum atomic E-state index is 0.620. The molecule has 0 unspecified atom stereocenters. The molecule has 0 spiro atoms. The molecule has 3 aromatic rings. The highest BCUT2D eigenvalue weighted by Crippen LogP contribution is 2.42. The molecule has 2 aromatic carbocycles. The van der Waals surface area contributed by atoms with Crippen LogP contribution in [0.1, 0.15) is 24.5 Å². The van der Waals surface area contributed by atoms with Crippen molar-refractivity contribution in [3.8, 4) is 0 Å². The number of hydrogen-bond donors (Lipinski definition) is 1. The molecule has 1 heterocycles. The topological polar surface area (TPSA) is 38.9 Å². The maximum Gasteiger partial charge on any atom is 0.0805 e. The Hall–Kier alpha value is -1.61. The molecule has 94 valence electrons. The van der Waals surface area contributed by atoms with Gasteiger partial charge in [0.05, 0.1) is 5.52 Å². The van der Waals surface area contributed by atoms with E-state index in [1.165, 1.54) is 23.6 Å². The van der Waals surface area contributed by atoms with Gasteiger partial charge in [-0.1, -0.05) is 40.2 Å². The summed E-state index contributed by atoms with van der Waals surface area (Å²) in [6, 6.07) is 12.5. The van der Waals surface area contributed by atoms with Gasteiger partial charge in [0.25, 0.3) is 0 Å². The number of nitrogens with two attached hydrogens (primary N) is 1. The molecule has 1 aliphatic carbocycles. The normalized spacial score (nSPS) is 15.2. The first-order valence-electron chi connectivity index (χ1n) is 6.51. The quantitative estimate of drug-likeness (QED) is 0.666. The monoisotopic (exact) mass is 312 g/mol. The summed E-state index contributed by atoms with van der Waals surface area (Å²) >= 11 is 3.63. The van der Waals surface area contributed by atoms with Gasteiger partial charge in [-0.2, -0.15) is 0 Å². The molecule has 2 N–H and O–H groups in total. The Morgan fingerprint density at radius 3 is 2.53 bits per heavy atom. The van der Waals surface area contributed by atoms with Crippen LogP contribution in [0, 0.1) is 0 Å². The first-order chi connectivity index (χ1) is 9.24. The van der Waals surface area contributed by atoms with Crippen molar-refractivity contribution in [2.45, 2.75) is 18.8 Å². The van der Waals surface area contributed by atoms with Crippen LogP contribution in [0.3, 0.4) is 0 Å². The number of rotatable bonds is 1. The number of fused-ring (bicyclic) bond motifs is 3. The van der Waals surface area contributed by atoms with Crippen molar-refractivity contribution in [3.63, 3.8) is 0 Å². The Morgan fingerprint density at radius 1 is 1.05 bits per heavy atom. The van der Waals surface area contributed by atoms with Crippen molar-refractivity contribution in [1.82, 2.24) is 4.98 Å². The highest BCUT2D eigenvalue weighted by atomic mass is 79.9. The second-order valence-corrected chi connectivity index (χ2v) is 6.07. The average molecular weight is 313 g/mol. The predicted octanol–water partition coefficient (Wildman–Crippen LogP) is 4.61.